The first-order valence-electron chi connectivity index (χ1n) is 6.07. The highest BCUT2D eigenvalue weighted by atomic mass is 16.1. The molecule has 1 heterocycles. The van der Waals surface area contributed by atoms with E-state index >= 15 is 0 Å². The third kappa shape index (κ3) is 5.53. The van der Waals surface area contributed by atoms with E-state index in [9.17, 15) is 4.79 Å². The Bertz CT molecular complexity index is 282. The number of H-pyrrole nitrogens is 1. The molecule has 0 atom stereocenters. The number of hydrogen-bond donors (Lipinski definition) is 2. The molecule has 4 heteroatoms. The molecule has 0 unspecified atom stereocenters. The normalized spacial score (nSPS) is 10.3. The van der Waals surface area contributed by atoms with Crippen molar-refractivity contribution in [1.82, 2.24) is 15.3 Å². The lowest BCUT2D eigenvalue weighted by Gasteiger charge is -2.03. The van der Waals surface area contributed by atoms with Crippen molar-refractivity contribution in [2.75, 3.05) is 0 Å². The highest BCUT2D eigenvalue weighted by Crippen LogP contribution is 2.04. The zero-order valence-corrected chi connectivity index (χ0v) is 9.96. The Labute approximate surface area is 96.9 Å². The largest absolute Gasteiger partial charge is 0.350 e. The summed E-state index contributed by atoms with van der Waals surface area (Å²) in [6, 6.07) is 0. The van der Waals surface area contributed by atoms with E-state index in [2.05, 4.69) is 22.2 Å². The third-order valence-electron chi connectivity index (χ3n) is 2.54. The van der Waals surface area contributed by atoms with Gasteiger partial charge in [-0.25, -0.2) is 4.98 Å². The maximum atomic E-state index is 11.4. The average Bonchev–Trinajstić information content (AvgIpc) is 2.79. The third-order valence-corrected chi connectivity index (χ3v) is 2.54. The fraction of sp³-hybridized carbons (Fsp3) is 0.667. The Morgan fingerprint density at radius 2 is 2.19 bits per heavy atom. The summed E-state index contributed by atoms with van der Waals surface area (Å²) in [5.74, 6) is 0.131. The molecule has 1 amide bonds. The zero-order valence-electron chi connectivity index (χ0n) is 9.96. The van der Waals surface area contributed by atoms with Gasteiger partial charge in [-0.1, -0.05) is 32.6 Å². The molecule has 0 aliphatic rings. The summed E-state index contributed by atoms with van der Waals surface area (Å²) in [7, 11) is 0. The standard InChI is InChI=1S/C12H21N3O/c1-2-3-4-5-6-7-12(16)14-9-11-8-13-10-15-11/h8,10H,2-7,9H2,1H3,(H,13,15)(H,14,16). The molecule has 0 aliphatic heterocycles. The molecule has 0 spiro atoms. The first kappa shape index (κ1) is 12.7. The molecule has 2 N–H and O–H groups in total. The Morgan fingerprint density at radius 3 is 2.88 bits per heavy atom. The van der Waals surface area contributed by atoms with Gasteiger partial charge in [-0.05, 0) is 6.42 Å². The van der Waals surface area contributed by atoms with E-state index in [0.717, 1.165) is 18.5 Å². The molecular weight excluding hydrogens is 202 g/mol. The van der Waals surface area contributed by atoms with Gasteiger partial charge >= 0.3 is 0 Å². The quantitative estimate of drug-likeness (QED) is 0.665. The Kier molecular flexibility index (Phi) is 6.30. The molecule has 4 nitrogen and oxygen atoms in total. The van der Waals surface area contributed by atoms with E-state index < -0.39 is 0 Å². The molecule has 0 saturated carbocycles. The number of unbranched alkanes of at least 4 members (excludes halogenated alkanes) is 4. The molecule has 16 heavy (non-hydrogen) atoms. The molecule has 0 saturated heterocycles. The molecule has 1 aromatic heterocycles. The van der Waals surface area contributed by atoms with Gasteiger partial charge in [-0.3, -0.25) is 4.79 Å². The minimum Gasteiger partial charge on any atom is -0.350 e. The topological polar surface area (TPSA) is 57.8 Å². The molecule has 1 aromatic rings. The fourth-order valence-corrected chi connectivity index (χ4v) is 1.55. The number of imidazole rings is 1. The van der Waals surface area contributed by atoms with Gasteiger partial charge in [0.1, 0.15) is 0 Å². The average molecular weight is 223 g/mol. The van der Waals surface area contributed by atoms with E-state index in [4.69, 9.17) is 0 Å². The monoisotopic (exact) mass is 223 g/mol. The zero-order chi connectivity index (χ0) is 11.6. The summed E-state index contributed by atoms with van der Waals surface area (Å²) < 4.78 is 0. The van der Waals surface area contributed by atoms with Gasteiger partial charge in [0.2, 0.25) is 5.91 Å². The van der Waals surface area contributed by atoms with Crippen LogP contribution in [0.3, 0.4) is 0 Å². The van der Waals surface area contributed by atoms with Crippen LogP contribution in [0.25, 0.3) is 0 Å². The lowest BCUT2D eigenvalue weighted by Crippen LogP contribution is -2.22. The number of hydrogen-bond acceptors (Lipinski definition) is 2. The number of nitrogens with zero attached hydrogens (tertiary/aromatic N) is 1. The van der Waals surface area contributed by atoms with Gasteiger partial charge in [0.15, 0.2) is 0 Å². The first-order chi connectivity index (χ1) is 7.83. The van der Waals surface area contributed by atoms with Crippen LogP contribution in [-0.4, -0.2) is 15.9 Å². The van der Waals surface area contributed by atoms with E-state index in [1.54, 1.807) is 12.5 Å². The maximum Gasteiger partial charge on any atom is 0.220 e. The number of aromatic amines is 1. The van der Waals surface area contributed by atoms with E-state index in [-0.39, 0.29) is 5.91 Å². The van der Waals surface area contributed by atoms with Crippen molar-refractivity contribution in [3.05, 3.63) is 18.2 Å². The Hall–Kier alpha value is -1.32. The number of nitrogens with one attached hydrogen (secondary N) is 2. The van der Waals surface area contributed by atoms with Crippen molar-refractivity contribution in [3.63, 3.8) is 0 Å². The first-order valence-corrected chi connectivity index (χ1v) is 6.07. The van der Waals surface area contributed by atoms with Crippen LogP contribution in [-0.2, 0) is 11.3 Å². The smallest absolute Gasteiger partial charge is 0.220 e. The van der Waals surface area contributed by atoms with E-state index in [1.165, 1.54) is 19.3 Å². The molecule has 0 aromatic carbocycles. The second-order valence-electron chi connectivity index (χ2n) is 4.02. The fourth-order valence-electron chi connectivity index (χ4n) is 1.55. The van der Waals surface area contributed by atoms with Crippen molar-refractivity contribution >= 4 is 5.91 Å². The summed E-state index contributed by atoms with van der Waals surface area (Å²) >= 11 is 0. The molecule has 90 valence electrons. The van der Waals surface area contributed by atoms with Crippen LogP contribution in [0.4, 0.5) is 0 Å². The summed E-state index contributed by atoms with van der Waals surface area (Å²) in [4.78, 5) is 18.3. The van der Waals surface area contributed by atoms with Gasteiger partial charge in [0.25, 0.3) is 0 Å². The number of aromatic nitrogens is 2. The summed E-state index contributed by atoms with van der Waals surface area (Å²) in [6.07, 6.45) is 9.89. The second-order valence-corrected chi connectivity index (χ2v) is 4.02. The summed E-state index contributed by atoms with van der Waals surface area (Å²) in [5, 5.41) is 2.87. The lowest BCUT2D eigenvalue weighted by molar-refractivity contribution is -0.121. The van der Waals surface area contributed by atoms with Crippen LogP contribution in [0.1, 0.15) is 51.1 Å². The van der Waals surface area contributed by atoms with Crippen LogP contribution in [0.5, 0.6) is 0 Å². The molecule has 1 rings (SSSR count). The number of rotatable bonds is 8. The van der Waals surface area contributed by atoms with Crippen LogP contribution in [0, 0.1) is 0 Å². The van der Waals surface area contributed by atoms with Crippen molar-refractivity contribution in [3.8, 4) is 0 Å². The summed E-state index contributed by atoms with van der Waals surface area (Å²) in [6.45, 7) is 2.74. The number of carbonyl (C=O) groups excluding carboxylic acids is 1. The molecule has 0 bridgehead atoms. The van der Waals surface area contributed by atoms with Gasteiger partial charge in [0.05, 0.1) is 18.6 Å². The maximum absolute atomic E-state index is 11.4. The van der Waals surface area contributed by atoms with Gasteiger partial charge < -0.3 is 10.3 Å². The van der Waals surface area contributed by atoms with Gasteiger partial charge in [-0.15, -0.1) is 0 Å². The van der Waals surface area contributed by atoms with E-state index in [0.29, 0.717) is 13.0 Å². The minimum atomic E-state index is 0.131. The van der Waals surface area contributed by atoms with Crippen molar-refractivity contribution in [1.29, 1.82) is 0 Å². The van der Waals surface area contributed by atoms with Crippen LogP contribution < -0.4 is 5.32 Å². The van der Waals surface area contributed by atoms with E-state index in [1.807, 2.05) is 0 Å². The Morgan fingerprint density at radius 1 is 1.38 bits per heavy atom. The number of carbonyl (C=O) groups is 1. The van der Waals surface area contributed by atoms with Crippen molar-refractivity contribution in [2.24, 2.45) is 0 Å². The van der Waals surface area contributed by atoms with Crippen molar-refractivity contribution < 1.29 is 4.79 Å². The predicted molar refractivity (Wildman–Crippen MR) is 63.8 cm³/mol. The van der Waals surface area contributed by atoms with Crippen molar-refractivity contribution in [2.45, 2.75) is 52.0 Å². The minimum absolute atomic E-state index is 0.131. The van der Waals surface area contributed by atoms with Crippen LogP contribution in [0.15, 0.2) is 12.5 Å². The summed E-state index contributed by atoms with van der Waals surface area (Å²) in [5.41, 5.74) is 0.944. The van der Waals surface area contributed by atoms with Gasteiger partial charge in [-0.2, -0.15) is 0 Å². The molecule has 0 aliphatic carbocycles. The predicted octanol–water partition coefficient (Wildman–Crippen LogP) is 2.39. The van der Waals surface area contributed by atoms with Gasteiger partial charge in [0, 0.05) is 12.6 Å². The Balaban J connectivity index is 1.99. The number of amides is 1. The molecule has 0 fully saturated rings. The lowest BCUT2D eigenvalue weighted by atomic mass is 10.1. The molecule has 0 radical (unpaired) electrons. The van der Waals surface area contributed by atoms with Crippen LogP contribution in [0.2, 0.25) is 0 Å². The molecular formula is C12H21N3O. The second kappa shape index (κ2) is 7.91. The highest BCUT2D eigenvalue weighted by Gasteiger charge is 2.01. The SMILES string of the molecule is CCCCCCCC(=O)NCc1cnc[nH]1. The van der Waals surface area contributed by atoms with Crippen LogP contribution >= 0.6 is 0 Å². The highest BCUT2D eigenvalue weighted by molar-refractivity contribution is 5.75.